The molecule has 0 atom stereocenters. The molecule has 0 fully saturated rings. The number of hydrogen-bond acceptors (Lipinski definition) is 3. The molecule has 0 aromatic heterocycles. The van der Waals surface area contributed by atoms with Gasteiger partial charge in [0, 0.05) is 18.8 Å². The Hall–Kier alpha value is -1.88. The normalized spacial score (nSPS) is 13.9. The van der Waals surface area contributed by atoms with E-state index < -0.39 is 5.97 Å². The number of rotatable bonds is 5. The Morgan fingerprint density at radius 1 is 1.40 bits per heavy atom. The molecule has 0 unspecified atom stereocenters. The van der Waals surface area contributed by atoms with E-state index in [1.54, 1.807) is 23.1 Å². The number of anilines is 1. The third-order valence-electron chi connectivity index (χ3n) is 3.32. The summed E-state index contributed by atoms with van der Waals surface area (Å²) < 4.78 is 5.29. The molecule has 1 amide bonds. The third-order valence-corrected chi connectivity index (χ3v) is 3.32. The fourth-order valence-electron chi connectivity index (χ4n) is 2.37. The summed E-state index contributed by atoms with van der Waals surface area (Å²) >= 11 is 0. The van der Waals surface area contributed by atoms with Crippen LogP contribution in [0.1, 0.15) is 35.7 Å². The molecule has 1 aliphatic rings. The fourth-order valence-corrected chi connectivity index (χ4v) is 2.37. The highest BCUT2D eigenvalue weighted by Crippen LogP contribution is 2.28. The predicted octanol–water partition coefficient (Wildman–Crippen LogP) is 2.09. The molecule has 0 spiro atoms. The summed E-state index contributed by atoms with van der Waals surface area (Å²) in [5, 5.41) is 9.00. The number of ether oxygens (including phenoxy) is 1. The van der Waals surface area contributed by atoms with Crippen LogP contribution in [-0.2, 0) is 16.0 Å². The number of amides is 1. The van der Waals surface area contributed by atoms with Crippen molar-refractivity contribution in [2.45, 2.75) is 26.2 Å². The van der Waals surface area contributed by atoms with Crippen LogP contribution in [0.15, 0.2) is 18.2 Å². The average Bonchev–Trinajstić information content (AvgIpc) is 2.46. The summed E-state index contributed by atoms with van der Waals surface area (Å²) in [4.78, 5) is 24.8. The molecular formula is C15H19NO4. The summed E-state index contributed by atoms with van der Waals surface area (Å²) in [6.45, 7) is 3.31. The van der Waals surface area contributed by atoms with Gasteiger partial charge in [-0.05, 0) is 43.0 Å². The second-order valence-electron chi connectivity index (χ2n) is 4.85. The number of aromatic carboxylic acids is 1. The van der Waals surface area contributed by atoms with E-state index in [9.17, 15) is 9.59 Å². The van der Waals surface area contributed by atoms with Crippen molar-refractivity contribution in [3.8, 4) is 0 Å². The van der Waals surface area contributed by atoms with Gasteiger partial charge in [-0.1, -0.05) is 6.92 Å². The lowest BCUT2D eigenvalue weighted by atomic mass is 9.99. The van der Waals surface area contributed by atoms with Crippen molar-refractivity contribution in [3.63, 3.8) is 0 Å². The number of nitrogens with zero attached hydrogens (tertiary/aromatic N) is 1. The average molecular weight is 277 g/mol. The second-order valence-corrected chi connectivity index (χ2v) is 4.85. The number of aryl methyl sites for hydroxylation is 1. The van der Waals surface area contributed by atoms with Crippen molar-refractivity contribution in [1.29, 1.82) is 0 Å². The lowest BCUT2D eigenvalue weighted by molar-refractivity contribution is -0.123. The molecule has 0 saturated heterocycles. The van der Waals surface area contributed by atoms with E-state index in [4.69, 9.17) is 9.84 Å². The SMILES string of the molecule is CCCOCC(=O)N1CCCc2cc(C(=O)O)ccc21. The number of carbonyl (C=O) groups is 2. The zero-order valence-electron chi connectivity index (χ0n) is 11.6. The molecule has 1 N–H and O–H groups in total. The van der Waals surface area contributed by atoms with Crippen LogP contribution >= 0.6 is 0 Å². The van der Waals surface area contributed by atoms with Gasteiger partial charge >= 0.3 is 5.97 Å². The van der Waals surface area contributed by atoms with E-state index in [-0.39, 0.29) is 18.1 Å². The highest BCUT2D eigenvalue weighted by Gasteiger charge is 2.23. The first-order valence-electron chi connectivity index (χ1n) is 6.87. The zero-order valence-corrected chi connectivity index (χ0v) is 11.6. The minimum absolute atomic E-state index is 0.0672. The Morgan fingerprint density at radius 3 is 2.90 bits per heavy atom. The maximum atomic E-state index is 12.1. The van der Waals surface area contributed by atoms with Crippen molar-refractivity contribution in [2.24, 2.45) is 0 Å². The van der Waals surface area contributed by atoms with Gasteiger partial charge in [0.25, 0.3) is 5.91 Å². The van der Waals surface area contributed by atoms with Gasteiger partial charge in [-0.25, -0.2) is 4.79 Å². The Bertz CT molecular complexity index is 513. The predicted molar refractivity (Wildman–Crippen MR) is 75.2 cm³/mol. The molecule has 1 aromatic rings. The summed E-state index contributed by atoms with van der Waals surface area (Å²) in [5.74, 6) is -1.01. The van der Waals surface area contributed by atoms with Gasteiger partial charge in [-0.2, -0.15) is 0 Å². The van der Waals surface area contributed by atoms with Crippen LogP contribution in [0, 0.1) is 0 Å². The standard InChI is InChI=1S/C15H19NO4/c1-2-8-20-10-14(17)16-7-3-4-11-9-12(15(18)19)5-6-13(11)16/h5-6,9H,2-4,7-8,10H2,1H3,(H,18,19). The topological polar surface area (TPSA) is 66.8 Å². The molecule has 0 radical (unpaired) electrons. The minimum Gasteiger partial charge on any atom is -0.478 e. The molecule has 5 nitrogen and oxygen atoms in total. The van der Waals surface area contributed by atoms with Crippen molar-refractivity contribution in [1.82, 2.24) is 0 Å². The molecule has 108 valence electrons. The van der Waals surface area contributed by atoms with Crippen LogP contribution in [0.5, 0.6) is 0 Å². The first kappa shape index (κ1) is 14.5. The number of fused-ring (bicyclic) bond motifs is 1. The van der Waals surface area contributed by atoms with Gasteiger partial charge in [0.1, 0.15) is 6.61 Å². The molecule has 0 bridgehead atoms. The number of hydrogen-bond donors (Lipinski definition) is 1. The van der Waals surface area contributed by atoms with Gasteiger partial charge in [0.05, 0.1) is 5.56 Å². The number of carbonyl (C=O) groups excluding carboxylic acids is 1. The van der Waals surface area contributed by atoms with Crippen LogP contribution in [0.2, 0.25) is 0 Å². The summed E-state index contributed by atoms with van der Waals surface area (Å²) in [6, 6.07) is 4.92. The van der Waals surface area contributed by atoms with E-state index in [0.29, 0.717) is 13.2 Å². The van der Waals surface area contributed by atoms with Crippen molar-refractivity contribution < 1.29 is 19.4 Å². The van der Waals surface area contributed by atoms with E-state index in [0.717, 1.165) is 30.5 Å². The summed E-state index contributed by atoms with van der Waals surface area (Å²) in [5.41, 5.74) is 1.99. The van der Waals surface area contributed by atoms with Crippen LogP contribution in [-0.4, -0.2) is 36.7 Å². The molecule has 20 heavy (non-hydrogen) atoms. The van der Waals surface area contributed by atoms with Crippen LogP contribution in [0.25, 0.3) is 0 Å². The Kier molecular flexibility index (Phi) is 4.74. The second kappa shape index (κ2) is 6.52. The van der Waals surface area contributed by atoms with Crippen LogP contribution in [0.4, 0.5) is 5.69 Å². The number of carboxylic acids is 1. The highest BCUT2D eigenvalue weighted by molar-refractivity contribution is 5.96. The molecule has 1 heterocycles. The van der Waals surface area contributed by atoms with Crippen molar-refractivity contribution in [3.05, 3.63) is 29.3 Å². The van der Waals surface area contributed by atoms with Gasteiger partial charge in [0.2, 0.25) is 0 Å². The van der Waals surface area contributed by atoms with Gasteiger partial charge < -0.3 is 14.7 Å². The van der Waals surface area contributed by atoms with Gasteiger partial charge in [-0.15, -0.1) is 0 Å². The largest absolute Gasteiger partial charge is 0.478 e. The maximum absolute atomic E-state index is 12.1. The molecule has 0 aliphatic carbocycles. The fraction of sp³-hybridized carbons (Fsp3) is 0.467. The van der Waals surface area contributed by atoms with E-state index in [2.05, 4.69) is 0 Å². The smallest absolute Gasteiger partial charge is 0.335 e. The van der Waals surface area contributed by atoms with Gasteiger partial charge in [-0.3, -0.25) is 4.79 Å². The lowest BCUT2D eigenvalue weighted by Gasteiger charge is -2.29. The molecule has 0 saturated carbocycles. The van der Waals surface area contributed by atoms with E-state index in [1.165, 1.54) is 0 Å². The van der Waals surface area contributed by atoms with Crippen LogP contribution < -0.4 is 4.90 Å². The van der Waals surface area contributed by atoms with E-state index in [1.807, 2.05) is 6.92 Å². The summed E-state index contributed by atoms with van der Waals surface area (Å²) in [7, 11) is 0. The first-order chi connectivity index (χ1) is 9.63. The number of benzene rings is 1. The summed E-state index contributed by atoms with van der Waals surface area (Å²) in [6.07, 6.45) is 2.53. The highest BCUT2D eigenvalue weighted by atomic mass is 16.5. The van der Waals surface area contributed by atoms with E-state index >= 15 is 0 Å². The monoisotopic (exact) mass is 277 g/mol. The molecule has 5 heteroatoms. The Balaban J connectivity index is 2.15. The maximum Gasteiger partial charge on any atom is 0.335 e. The molecule has 1 aromatic carbocycles. The zero-order chi connectivity index (χ0) is 14.5. The Labute approximate surface area is 118 Å². The van der Waals surface area contributed by atoms with Crippen molar-refractivity contribution >= 4 is 17.6 Å². The third kappa shape index (κ3) is 3.17. The van der Waals surface area contributed by atoms with Gasteiger partial charge in [0.15, 0.2) is 0 Å². The molecule has 1 aliphatic heterocycles. The lowest BCUT2D eigenvalue weighted by Crippen LogP contribution is -2.38. The number of carboxylic acid groups (broad SMARTS) is 1. The first-order valence-corrected chi connectivity index (χ1v) is 6.87. The van der Waals surface area contributed by atoms with Crippen molar-refractivity contribution in [2.75, 3.05) is 24.7 Å². The van der Waals surface area contributed by atoms with Crippen LogP contribution in [0.3, 0.4) is 0 Å². The minimum atomic E-state index is -0.942. The molecule has 2 rings (SSSR count). The quantitative estimate of drug-likeness (QED) is 0.837. The Morgan fingerprint density at radius 2 is 2.20 bits per heavy atom. The molecular weight excluding hydrogens is 258 g/mol.